The van der Waals surface area contributed by atoms with Crippen LogP contribution in [0.25, 0.3) is 11.3 Å². The normalized spacial score (nSPS) is 12.7. The maximum Gasteiger partial charge on any atom is 0.422 e. The van der Waals surface area contributed by atoms with Crippen LogP contribution in [0.3, 0.4) is 0 Å². The predicted molar refractivity (Wildman–Crippen MR) is 66.0 cm³/mol. The first-order valence-corrected chi connectivity index (χ1v) is 5.92. The van der Waals surface area contributed by atoms with E-state index in [1.165, 1.54) is 12.1 Å². The smallest absolute Gasteiger partial charge is 0.411 e. The number of rotatable bonds is 3. The van der Waals surface area contributed by atoms with Gasteiger partial charge in [-0.25, -0.2) is 0 Å². The third-order valence-corrected chi connectivity index (χ3v) is 2.79. The summed E-state index contributed by atoms with van der Waals surface area (Å²) in [7, 11) is 0. The summed E-state index contributed by atoms with van der Waals surface area (Å²) in [6.07, 6.45) is -4.72. The predicted octanol–water partition coefficient (Wildman–Crippen LogP) is 3.78. The second-order valence-electron chi connectivity index (χ2n) is 3.78. The summed E-state index contributed by atoms with van der Waals surface area (Å²) >= 11 is 5.44. The number of nitrogens with zero attached hydrogens (tertiary/aromatic N) is 2. The fraction of sp³-hybridized carbons (Fsp3) is 0.167. The molecule has 1 aromatic carbocycles. The first kappa shape index (κ1) is 14.4. The van der Waals surface area contributed by atoms with Crippen LogP contribution in [-0.2, 0) is 6.18 Å². The maximum atomic E-state index is 13.2. The van der Waals surface area contributed by atoms with Crippen molar-refractivity contribution >= 4 is 17.3 Å². The lowest BCUT2D eigenvalue weighted by molar-refractivity contribution is -0.137. The van der Waals surface area contributed by atoms with Crippen molar-refractivity contribution in [3.8, 4) is 11.3 Å². The van der Waals surface area contributed by atoms with E-state index in [4.69, 9.17) is 21.3 Å². The summed E-state index contributed by atoms with van der Waals surface area (Å²) in [6.45, 7) is 0. The Balaban J connectivity index is 2.67. The van der Waals surface area contributed by atoms with Crippen molar-refractivity contribution in [1.29, 1.82) is 0 Å². The Bertz CT molecular complexity index is 623. The van der Waals surface area contributed by atoms with Crippen molar-refractivity contribution in [2.24, 2.45) is 5.16 Å². The summed E-state index contributed by atoms with van der Waals surface area (Å²) in [5.74, 6) is -0.875. The highest BCUT2D eigenvalue weighted by Crippen LogP contribution is 2.39. The van der Waals surface area contributed by atoms with Crippen LogP contribution in [0.15, 0.2) is 40.0 Å². The van der Waals surface area contributed by atoms with Crippen LogP contribution in [-0.4, -0.2) is 22.0 Å². The SMILES string of the molecule is O/N=C(\CCl)c1noc(-c2ccccc2)c1C(F)(F)F. The summed E-state index contributed by atoms with van der Waals surface area (Å²) in [5, 5.41) is 14.8. The molecule has 2 aromatic rings. The first-order chi connectivity index (χ1) is 9.49. The quantitative estimate of drug-likeness (QED) is 0.406. The average Bonchev–Trinajstić information content (AvgIpc) is 2.86. The molecule has 0 amide bonds. The number of aromatic nitrogens is 1. The Hall–Kier alpha value is -2.02. The molecule has 0 aliphatic heterocycles. The summed E-state index contributed by atoms with van der Waals surface area (Å²) < 4.78 is 44.3. The highest BCUT2D eigenvalue weighted by atomic mass is 35.5. The molecule has 0 radical (unpaired) electrons. The van der Waals surface area contributed by atoms with Gasteiger partial charge in [-0.1, -0.05) is 40.6 Å². The molecule has 0 fully saturated rings. The number of oxime groups is 1. The van der Waals surface area contributed by atoms with Gasteiger partial charge in [0, 0.05) is 5.56 Å². The van der Waals surface area contributed by atoms with Crippen molar-refractivity contribution in [1.82, 2.24) is 5.16 Å². The number of halogens is 4. The number of hydrogen-bond acceptors (Lipinski definition) is 4. The molecule has 0 saturated carbocycles. The molecule has 0 aliphatic carbocycles. The minimum Gasteiger partial charge on any atom is -0.411 e. The summed E-state index contributed by atoms with van der Waals surface area (Å²) in [5.41, 5.74) is -1.93. The molecule has 0 saturated heterocycles. The minimum absolute atomic E-state index is 0.213. The van der Waals surface area contributed by atoms with Gasteiger partial charge >= 0.3 is 6.18 Å². The Kier molecular flexibility index (Phi) is 3.99. The van der Waals surface area contributed by atoms with E-state index in [9.17, 15) is 13.2 Å². The van der Waals surface area contributed by atoms with E-state index in [0.717, 1.165) is 0 Å². The molecule has 0 atom stereocenters. The Morgan fingerprint density at radius 2 is 1.95 bits per heavy atom. The molecule has 1 N–H and O–H groups in total. The summed E-state index contributed by atoms with van der Waals surface area (Å²) in [6, 6.07) is 7.71. The Morgan fingerprint density at radius 3 is 2.45 bits per heavy atom. The lowest BCUT2D eigenvalue weighted by Crippen LogP contribution is -2.14. The monoisotopic (exact) mass is 304 g/mol. The molecular formula is C12H8ClF3N2O2. The lowest BCUT2D eigenvalue weighted by atomic mass is 10.0. The average molecular weight is 305 g/mol. The molecule has 0 aliphatic rings. The Labute approximate surface area is 116 Å². The molecule has 2 rings (SSSR count). The molecule has 1 heterocycles. The second-order valence-corrected chi connectivity index (χ2v) is 4.05. The van der Waals surface area contributed by atoms with Crippen LogP contribution in [0.4, 0.5) is 13.2 Å². The van der Waals surface area contributed by atoms with Crippen molar-refractivity contribution in [2.45, 2.75) is 6.18 Å². The van der Waals surface area contributed by atoms with Crippen LogP contribution < -0.4 is 0 Å². The zero-order chi connectivity index (χ0) is 14.8. The van der Waals surface area contributed by atoms with Gasteiger partial charge in [-0.05, 0) is 0 Å². The van der Waals surface area contributed by atoms with Gasteiger partial charge in [0.15, 0.2) is 5.76 Å². The zero-order valence-corrected chi connectivity index (χ0v) is 10.6. The van der Waals surface area contributed by atoms with Crippen LogP contribution in [0.1, 0.15) is 11.3 Å². The Morgan fingerprint density at radius 1 is 1.30 bits per heavy atom. The van der Waals surface area contributed by atoms with Gasteiger partial charge in [0.1, 0.15) is 17.0 Å². The molecule has 106 valence electrons. The van der Waals surface area contributed by atoms with E-state index in [1.807, 2.05) is 0 Å². The number of alkyl halides is 4. The molecule has 20 heavy (non-hydrogen) atoms. The molecule has 0 spiro atoms. The van der Waals surface area contributed by atoms with Crippen molar-refractivity contribution in [2.75, 3.05) is 5.88 Å². The van der Waals surface area contributed by atoms with E-state index in [2.05, 4.69) is 10.3 Å². The fourth-order valence-electron chi connectivity index (χ4n) is 1.67. The van der Waals surface area contributed by atoms with Gasteiger partial charge in [0.2, 0.25) is 0 Å². The van der Waals surface area contributed by atoms with E-state index in [1.54, 1.807) is 18.2 Å². The zero-order valence-electron chi connectivity index (χ0n) is 9.86. The number of benzene rings is 1. The van der Waals surface area contributed by atoms with Gasteiger partial charge in [0.25, 0.3) is 0 Å². The molecule has 0 unspecified atom stereocenters. The van der Waals surface area contributed by atoms with E-state index in [-0.39, 0.29) is 5.56 Å². The van der Waals surface area contributed by atoms with E-state index < -0.39 is 34.8 Å². The molecule has 1 aromatic heterocycles. The highest BCUT2D eigenvalue weighted by Gasteiger charge is 2.42. The standard InChI is InChI=1S/C12H8ClF3N2O2/c13-6-8(17-19)10-9(12(14,15)16)11(20-18-10)7-4-2-1-3-5-7/h1-5,19H,6H2/b17-8+. The van der Waals surface area contributed by atoms with Crippen molar-refractivity contribution in [3.05, 3.63) is 41.6 Å². The van der Waals surface area contributed by atoms with Crippen LogP contribution in [0.2, 0.25) is 0 Å². The second kappa shape index (κ2) is 5.54. The molecule has 4 nitrogen and oxygen atoms in total. The van der Waals surface area contributed by atoms with Crippen molar-refractivity contribution < 1.29 is 22.9 Å². The van der Waals surface area contributed by atoms with Gasteiger partial charge in [-0.2, -0.15) is 13.2 Å². The van der Waals surface area contributed by atoms with Crippen LogP contribution in [0.5, 0.6) is 0 Å². The van der Waals surface area contributed by atoms with Crippen molar-refractivity contribution in [3.63, 3.8) is 0 Å². The van der Waals surface area contributed by atoms with Crippen LogP contribution in [0, 0.1) is 0 Å². The third kappa shape index (κ3) is 2.62. The molecular weight excluding hydrogens is 297 g/mol. The fourth-order valence-corrected chi connectivity index (χ4v) is 1.85. The highest BCUT2D eigenvalue weighted by molar-refractivity contribution is 6.31. The topological polar surface area (TPSA) is 58.6 Å². The minimum atomic E-state index is -4.72. The van der Waals surface area contributed by atoms with Gasteiger partial charge in [-0.3, -0.25) is 0 Å². The van der Waals surface area contributed by atoms with E-state index in [0.29, 0.717) is 0 Å². The molecule has 8 heteroatoms. The summed E-state index contributed by atoms with van der Waals surface area (Å²) in [4.78, 5) is 0. The van der Waals surface area contributed by atoms with Crippen LogP contribution >= 0.6 is 11.6 Å². The largest absolute Gasteiger partial charge is 0.422 e. The number of hydrogen-bond donors (Lipinski definition) is 1. The van der Waals surface area contributed by atoms with Gasteiger partial charge in [-0.15, -0.1) is 11.6 Å². The van der Waals surface area contributed by atoms with Gasteiger partial charge < -0.3 is 9.73 Å². The lowest BCUT2D eigenvalue weighted by Gasteiger charge is -2.08. The van der Waals surface area contributed by atoms with Gasteiger partial charge in [0.05, 0.1) is 5.88 Å². The first-order valence-electron chi connectivity index (χ1n) is 5.38. The maximum absolute atomic E-state index is 13.2. The third-order valence-electron chi connectivity index (χ3n) is 2.53. The molecule has 0 bridgehead atoms. The van der Waals surface area contributed by atoms with E-state index >= 15 is 0 Å².